The quantitative estimate of drug-likeness (QED) is 0.0265. The molecular weight excluding hydrogens is 695 g/mol. The van der Waals surface area contributed by atoms with Crippen LogP contribution in [0.25, 0.3) is 0 Å². The predicted octanol–water partition coefficient (Wildman–Crippen LogP) is 13.7. The number of thioether (sulfide) groups is 2. The van der Waals surface area contributed by atoms with E-state index in [1.165, 1.54) is 95.2 Å². The molecule has 53 heavy (non-hydrogen) atoms. The van der Waals surface area contributed by atoms with Crippen molar-refractivity contribution in [3.05, 3.63) is 24.3 Å². The van der Waals surface area contributed by atoms with E-state index in [0.29, 0.717) is 18.0 Å². The van der Waals surface area contributed by atoms with Crippen LogP contribution < -0.4 is 0 Å². The van der Waals surface area contributed by atoms with E-state index in [-0.39, 0.29) is 18.0 Å². The standard InChI is InChI=1S/C46H85NO4S2/c1-5-7-9-11-13-15-17-24-30-39-52-42-43(41-48)33-26-22-23-28-35-44(51-45(49)36-32-38-47(3)4)34-27-20-19-21-29-37-46(50)53-40-31-25-18-16-14-12-10-8-6-2/h24-25,30-31,41,43-44H,5-23,26-29,32-40,42H2,1-4H3. The summed E-state index contributed by atoms with van der Waals surface area (Å²) in [5.41, 5.74) is 0. The molecule has 0 aromatic carbocycles. The molecule has 2 unspecified atom stereocenters. The zero-order valence-electron chi connectivity index (χ0n) is 35.3. The van der Waals surface area contributed by atoms with E-state index in [0.717, 1.165) is 120 Å². The molecule has 0 saturated heterocycles. The summed E-state index contributed by atoms with van der Waals surface area (Å²) in [6.45, 7) is 5.41. The average Bonchev–Trinajstić information content (AvgIpc) is 3.14. The predicted molar refractivity (Wildman–Crippen MR) is 236 cm³/mol. The smallest absolute Gasteiger partial charge is 0.306 e. The highest BCUT2D eigenvalue weighted by Crippen LogP contribution is 2.20. The molecule has 0 fully saturated rings. The van der Waals surface area contributed by atoms with Crippen LogP contribution in [0, 0.1) is 5.92 Å². The van der Waals surface area contributed by atoms with Gasteiger partial charge < -0.3 is 14.4 Å². The molecule has 0 heterocycles. The Bertz CT molecular complexity index is 878. The number of allylic oxidation sites excluding steroid dienone is 2. The lowest BCUT2D eigenvalue weighted by atomic mass is 10.0. The molecule has 0 saturated carbocycles. The molecule has 0 spiro atoms. The van der Waals surface area contributed by atoms with Gasteiger partial charge in [-0.25, -0.2) is 0 Å². The number of esters is 1. The van der Waals surface area contributed by atoms with Crippen molar-refractivity contribution in [3.8, 4) is 0 Å². The van der Waals surface area contributed by atoms with Crippen LogP contribution >= 0.6 is 23.5 Å². The fourth-order valence-corrected chi connectivity index (χ4v) is 8.16. The fourth-order valence-electron chi connectivity index (χ4n) is 6.50. The maximum atomic E-state index is 12.6. The zero-order chi connectivity index (χ0) is 38.9. The molecular formula is C46H85NO4S2. The molecule has 0 N–H and O–H groups in total. The molecule has 0 aliphatic heterocycles. The molecule has 0 bridgehead atoms. The van der Waals surface area contributed by atoms with Gasteiger partial charge in [0, 0.05) is 36.0 Å². The number of carbonyl (C=O) groups is 3. The minimum absolute atomic E-state index is 0.00202. The third-order valence-corrected chi connectivity index (χ3v) is 11.9. The first-order chi connectivity index (χ1) is 25.9. The van der Waals surface area contributed by atoms with Gasteiger partial charge in [0.05, 0.1) is 0 Å². The highest BCUT2D eigenvalue weighted by atomic mass is 32.2. The molecule has 2 atom stereocenters. The highest BCUT2D eigenvalue weighted by molar-refractivity contribution is 8.13. The number of carbonyl (C=O) groups excluding carboxylic acids is 3. The van der Waals surface area contributed by atoms with E-state index in [1.54, 1.807) is 0 Å². The molecule has 0 radical (unpaired) electrons. The first-order valence-corrected chi connectivity index (χ1v) is 24.4. The zero-order valence-corrected chi connectivity index (χ0v) is 36.9. The van der Waals surface area contributed by atoms with Crippen LogP contribution in [0.15, 0.2) is 24.3 Å². The van der Waals surface area contributed by atoms with Crippen LogP contribution in [0.5, 0.6) is 0 Å². The van der Waals surface area contributed by atoms with Gasteiger partial charge in [-0.2, -0.15) is 11.8 Å². The molecule has 310 valence electrons. The molecule has 7 heteroatoms. The normalized spacial score (nSPS) is 13.0. The fraction of sp³-hybridized carbons (Fsp3) is 0.848. The first-order valence-electron chi connectivity index (χ1n) is 22.3. The van der Waals surface area contributed by atoms with Crippen molar-refractivity contribution in [2.75, 3.05) is 37.9 Å². The van der Waals surface area contributed by atoms with Crippen molar-refractivity contribution >= 4 is 40.9 Å². The second-order valence-electron chi connectivity index (χ2n) is 15.5. The Balaban J connectivity index is 4.17. The number of rotatable bonds is 41. The van der Waals surface area contributed by atoms with Crippen LogP contribution in [-0.2, 0) is 19.1 Å². The van der Waals surface area contributed by atoms with Gasteiger partial charge >= 0.3 is 5.97 Å². The summed E-state index contributed by atoms with van der Waals surface area (Å²) in [5.74, 6) is 2.82. The molecule has 0 rings (SSSR count). The lowest BCUT2D eigenvalue weighted by Gasteiger charge is -2.18. The maximum absolute atomic E-state index is 12.6. The maximum Gasteiger partial charge on any atom is 0.306 e. The van der Waals surface area contributed by atoms with Gasteiger partial charge in [0.25, 0.3) is 0 Å². The monoisotopic (exact) mass is 780 g/mol. The summed E-state index contributed by atoms with van der Waals surface area (Å²) in [5, 5.41) is 0.317. The summed E-state index contributed by atoms with van der Waals surface area (Å²) in [7, 11) is 4.07. The topological polar surface area (TPSA) is 63.7 Å². The van der Waals surface area contributed by atoms with Crippen molar-refractivity contribution in [2.24, 2.45) is 5.92 Å². The van der Waals surface area contributed by atoms with Crippen LogP contribution in [0.3, 0.4) is 0 Å². The molecule has 0 aliphatic rings. The lowest BCUT2D eigenvalue weighted by Crippen LogP contribution is -2.20. The second-order valence-corrected chi connectivity index (χ2v) is 17.6. The number of aldehydes is 1. The van der Waals surface area contributed by atoms with Crippen LogP contribution in [-0.4, -0.2) is 66.3 Å². The summed E-state index contributed by atoms with van der Waals surface area (Å²) in [6.07, 6.45) is 43.1. The van der Waals surface area contributed by atoms with Crippen LogP contribution in [0.1, 0.15) is 200 Å². The summed E-state index contributed by atoms with van der Waals surface area (Å²) >= 11 is 3.34. The summed E-state index contributed by atoms with van der Waals surface area (Å²) in [6, 6.07) is 0. The van der Waals surface area contributed by atoms with Gasteiger partial charge in [-0.1, -0.05) is 153 Å². The second kappa shape index (κ2) is 42.1. The SMILES string of the molecule is CCCCCCCCC=CCSCC(C=O)CCCCCCC(CCCCCCCC(=O)SCC=CCCCCCCCC)OC(=O)CCCN(C)C. The average molecular weight is 780 g/mol. The number of nitrogens with zero attached hydrogens (tertiary/aromatic N) is 1. The minimum atomic E-state index is -0.0614. The number of ether oxygens (including phenoxy) is 1. The molecule has 5 nitrogen and oxygen atoms in total. The molecule has 0 aromatic rings. The van der Waals surface area contributed by atoms with Gasteiger partial charge in [0.15, 0.2) is 5.12 Å². The molecule has 0 amide bonds. The summed E-state index contributed by atoms with van der Waals surface area (Å²) in [4.78, 5) is 38.6. The van der Waals surface area contributed by atoms with Crippen molar-refractivity contribution < 1.29 is 19.1 Å². The van der Waals surface area contributed by atoms with E-state index >= 15 is 0 Å². The van der Waals surface area contributed by atoms with Crippen molar-refractivity contribution in [1.82, 2.24) is 4.90 Å². The third kappa shape index (κ3) is 40.4. The Morgan fingerprint density at radius 3 is 1.66 bits per heavy atom. The van der Waals surface area contributed by atoms with E-state index in [9.17, 15) is 14.4 Å². The third-order valence-electron chi connectivity index (χ3n) is 9.90. The van der Waals surface area contributed by atoms with E-state index in [2.05, 4.69) is 43.1 Å². The Morgan fingerprint density at radius 1 is 0.585 bits per heavy atom. The van der Waals surface area contributed by atoms with Gasteiger partial charge in [0.2, 0.25) is 0 Å². The minimum Gasteiger partial charge on any atom is -0.462 e. The van der Waals surface area contributed by atoms with Crippen LogP contribution in [0.2, 0.25) is 0 Å². The number of hydrogen-bond acceptors (Lipinski definition) is 7. The van der Waals surface area contributed by atoms with Gasteiger partial charge in [-0.3, -0.25) is 9.59 Å². The van der Waals surface area contributed by atoms with Crippen LogP contribution in [0.4, 0.5) is 0 Å². The molecule has 0 aromatic heterocycles. The number of hydrogen-bond donors (Lipinski definition) is 0. The Kier molecular flexibility index (Phi) is 41.3. The number of unbranched alkanes of at least 4 members (excludes halogenated alkanes) is 19. The van der Waals surface area contributed by atoms with E-state index in [4.69, 9.17) is 4.74 Å². The molecule has 0 aliphatic carbocycles. The first kappa shape index (κ1) is 52.0. The van der Waals surface area contributed by atoms with Gasteiger partial charge in [-0.05, 0) is 91.3 Å². The van der Waals surface area contributed by atoms with Gasteiger partial charge in [0.1, 0.15) is 12.4 Å². The van der Waals surface area contributed by atoms with Crippen molar-refractivity contribution in [2.45, 2.75) is 206 Å². The van der Waals surface area contributed by atoms with Gasteiger partial charge in [-0.15, -0.1) is 0 Å². The van der Waals surface area contributed by atoms with E-state index in [1.807, 2.05) is 25.9 Å². The van der Waals surface area contributed by atoms with Crippen molar-refractivity contribution in [1.29, 1.82) is 0 Å². The Morgan fingerprint density at radius 2 is 1.09 bits per heavy atom. The lowest BCUT2D eigenvalue weighted by molar-refractivity contribution is -0.150. The Labute approximate surface area is 337 Å². The Hall–Kier alpha value is -1.05. The largest absolute Gasteiger partial charge is 0.462 e. The summed E-state index contributed by atoms with van der Waals surface area (Å²) < 4.78 is 5.98. The van der Waals surface area contributed by atoms with Crippen molar-refractivity contribution in [3.63, 3.8) is 0 Å². The highest BCUT2D eigenvalue weighted by Gasteiger charge is 2.15. The van der Waals surface area contributed by atoms with E-state index < -0.39 is 0 Å².